The molecule has 0 spiro atoms. The van der Waals surface area contributed by atoms with E-state index in [1.807, 2.05) is 24.5 Å². The number of hydrogen-bond acceptors (Lipinski definition) is 3. The van der Waals surface area contributed by atoms with Crippen LogP contribution in [0.4, 0.5) is 5.69 Å². The van der Waals surface area contributed by atoms with Crippen molar-refractivity contribution in [2.45, 2.75) is 12.7 Å². The van der Waals surface area contributed by atoms with Crippen LogP contribution >= 0.6 is 11.8 Å². The number of carbonyl (C=O) groups excluding carboxylic acids is 1. The summed E-state index contributed by atoms with van der Waals surface area (Å²) in [6, 6.07) is 8.90. The number of aryl methyl sites for hydroxylation is 1. The Morgan fingerprint density at radius 1 is 1.33 bits per heavy atom. The van der Waals surface area contributed by atoms with E-state index in [1.54, 1.807) is 30.8 Å². The molecule has 0 aliphatic rings. The first-order chi connectivity index (χ1) is 10.0. The first-order valence-corrected chi connectivity index (χ1v) is 7.72. The number of H-pyrrole nitrogens is 1. The van der Waals surface area contributed by atoms with Gasteiger partial charge in [-0.1, -0.05) is 12.1 Å². The molecule has 1 aromatic heterocycles. The average Bonchev–Trinajstić information content (AvgIpc) is 2.80. The predicted octanol–water partition coefficient (Wildman–Crippen LogP) is 3.14. The van der Waals surface area contributed by atoms with Crippen LogP contribution in [-0.2, 0) is 5.75 Å². The lowest BCUT2D eigenvalue weighted by Crippen LogP contribution is -2.14. The van der Waals surface area contributed by atoms with Gasteiger partial charge in [0.2, 0.25) is 0 Å². The van der Waals surface area contributed by atoms with E-state index in [0.29, 0.717) is 11.3 Å². The van der Waals surface area contributed by atoms with Crippen molar-refractivity contribution in [2.75, 3.05) is 11.6 Å². The second kappa shape index (κ2) is 6.49. The predicted molar refractivity (Wildman–Crippen MR) is 84.1 cm³/mol. The molecule has 2 rings (SSSR count). The Kier molecular flexibility index (Phi) is 4.70. The van der Waals surface area contributed by atoms with Gasteiger partial charge in [0.1, 0.15) is 5.69 Å². The zero-order valence-electron chi connectivity index (χ0n) is 11.8. The van der Waals surface area contributed by atoms with Gasteiger partial charge in [-0.3, -0.25) is 4.79 Å². The summed E-state index contributed by atoms with van der Waals surface area (Å²) in [5.41, 5.74) is 2.51. The zero-order valence-corrected chi connectivity index (χ0v) is 12.6. The maximum Gasteiger partial charge on any atom is 0.354 e. The molecule has 0 saturated carbocycles. The summed E-state index contributed by atoms with van der Waals surface area (Å²) >= 11 is 1.67. The van der Waals surface area contributed by atoms with Crippen molar-refractivity contribution in [2.24, 2.45) is 0 Å². The van der Waals surface area contributed by atoms with Gasteiger partial charge in [0.05, 0.1) is 5.69 Å². The van der Waals surface area contributed by atoms with Crippen molar-refractivity contribution in [3.8, 4) is 0 Å². The molecule has 21 heavy (non-hydrogen) atoms. The molecule has 0 aliphatic carbocycles. The molecule has 0 bridgehead atoms. The summed E-state index contributed by atoms with van der Waals surface area (Å²) in [6.07, 6.45) is 1.99. The summed E-state index contributed by atoms with van der Waals surface area (Å²) in [5.74, 6) is -0.598. The summed E-state index contributed by atoms with van der Waals surface area (Å²) in [5, 5.41) is 11.7. The van der Waals surface area contributed by atoms with Gasteiger partial charge >= 0.3 is 5.97 Å². The minimum absolute atomic E-state index is 0.0129. The summed E-state index contributed by atoms with van der Waals surface area (Å²) in [7, 11) is 0. The highest BCUT2D eigenvalue weighted by Gasteiger charge is 2.16. The van der Waals surface area contributed by atoms with Crippen LogP contribution < -0.4 is 5.32 Å². The molecule has 0 atom stereocenters. The lowest BCUT2D eigenvalue weighted by Gasteiger charge is -2.06. The van der Waals surface area contributed by atoms with E-state index in [2.05, 4.69) is 10.3 Å². The Balaban J connectivity index is 2.22. The molecule has 1 aromatic carbocycles. The van der Waals surface area contributed by atoms with Gasteiger partial charge in [-0.25, -0.2) is 4.79 Å². The number of hydrogen-bond donors (Lipinski definition) is 3. The molecule has 0 fully saturated rings. The fraction of sp³-hybridized carbons (Fsp3) is 0.200. The quantitative estimate of drug-likeness (QED) is 0.792. The SMILES string of the molecule is CSCc1cccc(C(=O)Nc2cc(C)[nH]c2C(=O)O)c1. The van der Waals surface area contributed by atoms with Crippen LogP contribution in [0.2, 0.25) is 0 Å². The Labute approximate surface area is 126 Å². The van der Waals surface area contributed by atoms with Crippen LogP contribution in [0.3, 0.4) is 0 Å². The van der Waals surface area contributed by atoms with E-state index in [-0.39, 0.29) is 17.3 Å². The molecule has 0 radical (unpaired) electrons. The van der Waals surface area contributed by atoms with Crippen molar-refractivity contribution in [3.63, 3.8) is 0 Å². The monoisotopic (exact) mass is 304 g/mol. The summed E-state index contributed by atoms with van der Waals surface area (Å²) < 4.78 is 0. The van der Waals surface area contributed by atoms with Crippen LogP contribution in [0.1, 0.15) is 32.1 Å². The molecule has 5 nitrogen and oxygen atoms in total. The number of aromatic amines is 1. The third kappa shape index (κ3) is 3.66. The molecule has 2 aromatic rings. The van der Waals surface area contributed by atoms with Crippen molar-refractivity contribution < 1.29 is 14.7 Å². The lowest BCUT2D eigenvalue weighted by molar-refractivity contribution is 0.0692. The lowest BCUT2D eigenvalue weighted by atomic mass is 10.1. The topological polar surface area (TPSA) is 82.2 Å². The molecular weight excluding hydrogens is 288 g/mol. The number of nitrogens with one attached hydrogen (secondary N) is 2. The van der Waals surface area contributed by atoms with E-state index in [9.17, 15) is 9.59 Å². The second-order valence-corrected chi connectivity index (χ2v) is 5.50. The molecule has 6 heteroatoms. The largest absolute Gasteiger partial charge is 0.477 e. The van der Waals surface area contributed by atoms with Crippen molar-refractivity contribution in [3.05, 3.63) is 52.8 Å². The zero-order chi connectivity index (χ0) is 15.4. The van der Waals surface area contributed by atoms with Gasteiger partial charge in [0.15, 0.2) is 0 Å². The molecule has 0 saturated heterocycles. The molecule has 0 unspecified atom stereocenters. The third-order valence-electron chi connectivity index (χ3n) is 2.91. The number of rotatable bonds is 5. The highest BCUT2D eigenvalue weighted by molar-refractivity contribution is 7.97. The van der Waals surface area contributed by atoms with Crippen molar-refractivity contribution in [1.82, 2.24) is 4.98 Å². The molecule has 1 amide bonds. The van der Waals surface area contributed by atoms with Crippen LogP contribution in [0, 0.1) is 6.92 Å². The number of aromatic nitrogens is 1. The number of thioether (sulfide) groups is 1. The molecule has 0 aliphatic heterocycles. The average molecular weight is 304 g/mol. The normalized spacial score (nSPS) is 10.4. The fourth-order valence-electron chi connectivity index (χ4n) is 2.02. The van der Waals surface area contributed by atoms with Gasteiger partial charge in [0.25, 0.3) is 5.91 Å². The Hall–Kier alpha value is -2.21. The van der Waals surface area contributed by atoms with E-state index < -0.39 is 5.97 Å². The van der Waals surface area contributed by atoms with E-state index in [4.69, 9.17) is 5.11 Å². The second-order valence-electron chi connectivity index (χ2n) is 4.63. The maximum absolute atomic E-state index is 12.2. The van der Waals surface area contributed by atoms with Gasteiger partial charge in [-0.2, -0.15) is 11.8 Å². The van der Waals surface area contributed by atoms with Gasteiger partial charge in [0, 0.05) is 17.0 Å². The van der Waals surface area contributed by atoms with E-state index in [0.717, 1.165) is 11.3 Å². The Morgan fingerprint density at radius 3 is 2.76 bits per heavy atom. The standard InChI is InChI=1S/C15H16N2O3S/c1-9-6-12(13(16-9)15(19)20)17-14(18)11-5-3-4-10(7-11)8-21-2/h3-7,16H,8H2,1-2H3,(H,17,18)(H,19,20). The van der Waals surface area contributed by atoms with Crippen molar-refractivity contribution >= 4 is 29.3 Å². The number of amides is 1. The highest BCUT2D eigenvalue weighted by Crippen LogP contribution is 2.19. The third-order valence-corrected chi connectivity index (χ3v) is 3.54. The number of carboxylic acid groups (broad SMARTS) is 1. The minimum atomic E-state index is -1.10. The molecule has 3 N–H and O–H groups in total. The first-order valence-electron chi connectivity index (χ1n) is 6.33. The van der Waals surface area contributed by atoms with Crippen LogP contribution in [0.15, 0.2) is 30.3 Å². The Morgan fingerprint density at radius 2 is 2.10 bits per heavy atom. The minimum Gasteiger partial charge on any atom is -0.477 e. The molecule has 1 heterocycles. The van der Waals surface area contributed by atoms with E-state index >= 15 is 0 Å². The van der Waals surface area contributed by atoms with Crippen LogP contribution in [0.5, 0.6) is 0 Å². The molecular formula is C15H16N2O3S. The van der Waals surface area contributed by atoms with Crippen molar-refractivity contribution in [1.29, 1.82) is 0 Å². The Bertz CT molecular complexity index is 679. The number of aromatic carboxylic acids is 1. The van der Waals surface area contributed by atoms with Crippen LogP contribution in [0.25, 0.3) is 0 Å². The summed E-state index contributed by atoms with van der Waals surface area (Å²) in [6.45, 7) is 1.74. The van der Waals surface area contributed by atoms with E-state index in [1.165, 1.54) is 0 Å². The number of carboxylic acids is 1. The highest BCUT2D eigenvalue weighted by atomic mass is 32.2. The summed E-state index contributed by atoms with van der Waals surface area (Å²) in [4.78, 5) is 26.1. The number of anilines is 1. The number of carbonyl (C=O) groups is 2. The van der Waals surface area contributed by atoms with Gasteiger partial charge < -0.3 is 15.4 Å². The smallest absolute Gasteiger partial charge is 0.354 e. The number of benzene rings is 1. The van der Waals surface area contributed by atoms with Crippen LogP contribution in [-0.4, -0.2) is 28.2 Å². The fourth-order valence-corrected chi connectivity index (χ4v) is 2.53. The first kappa shape index (κ1) is 15.2. The van der Waals surface area contributed by atoms with Gasteiger partial charge in [-0.15, -0.1) is 0 Å². The van der Waals surface area contributed by atoms with Gasteiger partial charge in [-0.05, 0) is 36.9 Å². The maximum atomic E-state index is 12.2. The molecule has 110 valence electrons.